The molecule has 0 spiro atoms. The van der Waals surface area contributed by atoms with Gasteiger partial charge in [-0.3, -0.25) is 4.57 Å². The SMILES string of the molecule is CCCCCCCCCCCCCCCCc1cc(OCC(COP(=O)([O-])OCCn2cc[n+](C)c2)Oc2ccon2)no1. The van der Waals surface area contributed by atoms with Gasteiger partial charge in [0.25, 0.3) is 19.6 Å². The van der Waals surface area contributed by atoms with Crippen molar-refractivity contribution in [2.24, 2.45) is 7.05 Å². The Morgan fingerprint density at radius 1 is 0.932 bits per heavy atom. The summed E-state index contributed by atoms with van der Waals surface area (Å²) in [6.07, 6.45) is 25.2. The first kappa shape index (κ1) is 35.8. The second-order valence-electron chi connectivity index (χ2n) is 11.3. The van der Waals surface area contributed by atoms with E-state index in [1.165, 1.54) is 89.4 Å². The number of imidazole rings is 1. The molecule has 12 nitrogen and oxygen atoms in total. The highest BCUT2D eigenvalue weighted by Gasteiger charge is 2.20. The van der Waals surface area contributed by atoms with Crippen molar-refractivity contribution >= 4 is 7.82 Å². The van der Waals surface area contributed by atoms with Crippen LogP contribution in [0.25, 0.3) is 0 Å². The zero-order valence-corrected chi connectivity index (χ0v) is 27.4. The molecule has 13 heteroatoms. The highest BCUT2D eigenvalue weighted by atomic mass is 31.2. The highest BCUT2D eigenvalue weighted by molar-refractivity contribution is 7.45. The summed E-state index contributed by atoms with van der Waals surface area (Å²) in [5, 5.41) is 7.68. The van der Waals surface area contributed by atoms with Gasteiger partial charge in [0.05, 0.1) is 20.3 Å². The summed E-state index contributed by atoms with van der Waals surface area (Å²) >= 11 is 0. The molecule has 0 radical (unpaired) electrons. The molecule has 0 saturated carbocycles. The molecule has 0 fully saturated rings. The van der Waals surface area contributed by atoms with Gasteiger partial charge in [0.2, 0.25) is 6.33 Å². The zero-order chi connectivity index (χ0) is 31.3. The number of hydrogen-bond acceptors (Lipinski definition) is 10. The molecule has 2 atom stereocenters. The Morgan fingerprint density at radius 3 is 2.23 bits per heavy atom. The summed E-state index contributed by atoms with van der Waals surface area (Å²) in [6, 6.07) is 3.25. The quantitative estimate of drug-likeness (QED) is 0.0528. The van der Waals surface area contributed by atoms with Gasteiger partial charge in [0, 0.05) is 18.6 Å². The fourth-order valence-electron chi connectivity index (χ4n) is 4.80. The fourth-order valence-corrected chi connectivity index (χ4v) is 5.53. The smallest absolute Gasteiger partial charge is 0.268 e. The summed E-state index contributed by atoms with van der Waals surface area (Å²) in [5.41, 5.74) is 0. The van der Waals surface area contributed by atoms with Crippen molar-refractivity contribution in [3.63, 3.8) is 0 Å². The van der Waals surface area contributed by atoms with E-state index in [0.29, 0.717) is 12.4 Å². The van der Waals surface area contributed by atoms with Crippen LogP contribution in [0.1, 0.15) is 103 Å². The molecule has 0 amide bonds. The molecular weight excluding hydrogens is 587 g/mol. The molecule has 0 bridgehead atoms. The maximum absolute atomic E-state index is 12.3. The largest absolute Gasteiger partial charge is 0.756 e. The van der Waals surface area contributed by atoms with Gasteiger partial charge < -0.3 is 32.5 Å². The van der Waals surface area contributed by atoms with Crippen LogP contribution in [0.5, 0.6) is 11.8 Å². The number of unbranched alkanes of at least 4 members (excludes halogenated alkanes) is 13. The third-order valence-corrected chi connectivity index (χ3v) is 8.24. The minimum absolute atomic E-state index is 0.0580. The number of rotatable bonds is 27. The van der Waals surface area contributed by atoms with Gasteiger partial charge >= 0.3 is 0 Å². The molecule has 0 saturated heterocycles. The fraction of sp³-hybridized carbons (Fsp3) is 0.710. The molecular formula is C31H51N4O8P. The molecule has 0 N–H and O–H groups in total. The Bertz CT molecular complexity index is 1170. The Hall–Kier alpha value is -2.66. The van der Waals surface area contributed by atoms with Gasteiger partial charge in [-0.1, -0.05) is 90.4 Å². The molecule has 3 aromatic heterocycles. The molecule has 0 aliphatic rings. The Balaban J connectivity index is 1.28. The van der Waals surface area contributed by atoms with E-state index in [9.17, 15) is 9.46 Å². The first-order chi connectivity index (χ1) is 21.4. The van der Waals surface area contributed by atoms with Crippen LogP contribution in [0, 0.1) is 0 Å². The molecule has 3 aromatic rings. The molecule has 2 unspecified atom stereocenters. The second kappa shape index (κ2) is 21.1. The van der Waals surface area contributed by atoms with Gasteiger partial charge in [-0.2, -0.15) is 0 Å². The molecule has 0 aromatic carbocycles. The third kappa shape index (κ3) is 15.9. The molecule has 248 valence electrons. The Kier molecular flexibility index (Phi) is 17.2. The van der Waals surface area contributed by atoms with E-state index in [0.717, 1.165) is 25.0 Å². The number of nitrogens with zero attached hydrogens (tertiary/aromatic N) is 4. The molecule has 44 heavy (non-hydrogen) atoms. The maximum atomic E-state index is 12.3. The van der Waals surface area contributed by atoms with Gasteiger partial charge in [0.1, 0.15) is 37.6 Å². The average molecular weight is 639 g/mol. The summed E-state index contributed by atoms with van der Waals surface area (Å²) in [6.45, 7) is 2.14. The van der Waals surface area contributed by atoms with Crippen LogP contribution in [0.4, 0.5) is 0 Å². The van der Waals surface area contributed by atoms with Crippen molar-refractivity contribution in [1.82, 2.24) is 14.9 Å². The minimum Gasteiger partial charge on any atom is -0.756 e. The first-order valence-corrected chi connectivity index (χ1v) is 17.7. The summed E-state index contributed by atoms with van der Waals surface area (Å²) < 4.78 is 47.6. The highest BCUT2D eigenvalue weighted by Crippen LogP contribution is 2.38. The summed E-state index contributed by atoms with van der Waals surface area (Å²) in [4.78, 5) is 12.3. The molecule has 3 heterocycles. The van der Waals surface area contributed by atoms with Crippen LogP contribution in [-0.2, 0) is 33.6 Å². The first-order valence-electron chi connectivity index (χ1n) is 16.2. The van der Waals surface area contributed by atoms with Crippen molar-refractivity contribution in [2.75, 3.05) is 19.8 Å². The van der Waals surface area contributed by atoms with Gasteiger partial charge in [-0.05, 0) is 16.7 Å². The van der Waals surface area contributed by atoms with Crippen molar-refractivity contribution in [3.05, 3.63) is 42.9 Å². The number of aromatic nitrogens is 4. The lowest BCUT2D eigenvalue weighted by Crippen LogP contribution is -2.31. The average Bonchev–Trinajstić information content (AvgIpc) is 3.78. The van der Waals surface area contributed by atoms with E-state index in [2.05, 4.69) is 17.2 Å². The van der Waals surface area contributed by atoms with Crippen molar-refractivity contribution in [3.8, 4) is 11.8 Å². The van der Waals surface area contributed by atoms with Crippen molar-refractivity contribution in [1.29, 1.82) is 0 Å². The van der Waals surface area contributed by atoms with Gasteiger partial charge in [-0.15, -0.1) is 0 Å². The van der Waals surface area contributed by atoms with Gasteiger partial charge in [-0.25, -0.2) is 9.13 Å². The van der Waals surface area contributed by atoms with E-state index in [4.69, 9.17) is 27.6 Å². The minimum atomic E-state index is -4.58. The van der Waals surface area contributed by atoms with Crippen LogP contribution >= 0.6 is 7.82 Å². The molecule has 0 aliphatic heterocycles. The van der Waals surface area contributed by atoms with E-state index >= 15 is 0 Å². The summed E-state index contributed by atoms with van der Waals surface area (Å²) in [5.74, 6) is 1.21. The lowest BCUT2D eigenvalue weighted by molar-refractivity contribution is -0.671. The van der Waals surface area contributed by atoms with Crippen LogP contribution in [0.15, 0.2) is 46.2 Å². The Labute approximate surface area is 261 Å². The van der Waals surface area contributed by atoms with Crippen molar-refractivity contribution in [2.45, 2.75) is 116 Å². The monoisotopic (exact) mass is 638 g/mol. The second-order valence-corrected chi connectivity index (χ2v) is 12.7. The normalized spacial score (nSPS) is 13.6. The predicted molar refractivity (Wildman–Crippen MR) is 162 cm³/mol. The number of hydrogen-bond donors (Lipinski definition) is 0. The van der Waals surface area contributed by atoms with Crippen LogP contribution in [0.3, 0.4) is 0 Å². The van der Waals surface area contributed by atoms with Crippen LogP contribution < -0.4 is 18.9 Å². The van der Waals surface area contributed by atoms with Crippen LogP contribution in [-0.4, -0.2) is 40.8 Å². The van der Waals surface area contributed by atoms with E-state index in [-0.39, 0.29) is 25.7 Å². The topological polar surface area (TPSA) is 138 Å². The number of ether oxygens (including phenoxy) is 2. The number of aryl methyl sites for hydroxylation is 2. The lowest BCUT2D eigenvalue weighted by atomic mass is 10.0. The number of phosphoric acid groups is 1. The lowest BCUT2D eigenvalue weighted by Gasteiger charge is -2.25. The zero-order valence-electron chi connectivity index (χ0n) is 26.5. The van der Waals surface area contributed by atoms with E-state index in [1.54, 1.807) is 10.6 Å². The molecule has 3 rings (SSSR count). The predicted octanol–water partition coefficient (Wildman–Crippen LogP) is 6.34. The third-order valence-electron chi connectivity index (χ3n) is 7.27. The Morgan fingerprint density at radius 2 is 1.61 bits per heavy atom. The van der Waals surface area contributed by atoms with Gasteiger partial charge in [0.15, 0.2) is 6.10 Å². The number of phosphoric ester groups is 1. The van der Waals surface area contributed by atoms with Crippen LogP contribution in [0.2, 0.25) is 0 Å². The standard InChI is InChI=1S/C31H51N4O8P/c1-3-4-5-6-7-8-9-10-11-12-13-14-15-16-17-28-24-31(33-43-28)38-25-29(42-30-18-22-39-32-30)26-41-44(36,37)40-23-21-35-20-19-34(2)27-35/h18-20,22,24,27,29H,3-17,21,23,25-26H2,1-2H3. The molecule has 0 aliphatic carbocycles. The maximum Gasteiger partial charge on any atom is 0.268 e. The van der Waals surface area contributed by atoms with E-state index in [1.807, 2.05) is 30.3 Å². The summed E-state index contributed by atoms with van der Waals surface area (Å²) in [7, 11) is -2.70. The van der Waals surface area contributed by atoms with E-state index < -0.39 is 13.9 Å². The van der Waals surface area contributed by atoms with Crippen molar-refractivity contribution < 1.29 is 41.6 Å².